The van der Waals surface area contributed by atoms with Gasteiger partial charge in [-0.05, 0) is 48.4 Å². The number of carbonyl (C=O) groups excluding carboxylic acids is 1. The summed E-state index contributed by atoms with van der Waals surface area (Å²) in [6.07, 6.45) is 0.831. The molecule has 0 atom stereocenters. The molecular formula is C27H28ClN3O3S. The minimum atomic E-state index is -0.0996. The number of amides is 1. The van der Waals surface area contributed by atoms with Crippen LogP contribution >= 0.6 is 22.9 Å². The molecule has 1 fully saturated rings. The van der Waals surface area contributed by atoms with Crippen LogP contribution in [-0.4, -0.2) is 61.8 Å². The zero-order valence-corrected chi connectivity index (χ0v) is 21.3. The molecule has 5 rings (SSSR count). The van der Waals surface area contributed by atoms with Gasteiger partial charge in [0.05, 0.1) is 35.6 Å². The minimum absolute atomic E-state index is 0.0996. The first-order valence-corrected chi connectivity index (χ1v) is 13.2. The smallest absolute Gasteiger partial charge is 0.264 e. The first-order chi connectivity index (χ1) is 17.1. The van der Waals surface area contributed by atoms with Crippen molar-refractivity contribution in [2.24, 2.45) is 0 Å². The summed E-state index contributed by atoms with van der Waals surface area (Å²) < 4.78 is 12.4. The van der Waals surface area contributed by atoms with Gasteiger partial charge in [0, 0.05) is 31.2 Å². The van der Waals surface area contributed by atoms with Crippen molar-refractivity contribution >= 4 is 55.0 Å². The first kappa shape index (κ1) is 24.0. The van der Waals surface area contributed by atoms with Crippen molar-refractivity contribution in [3.8, 4) is 5.75 Å². The molecule has 0 radical (unpaired) electrons. The highest BCUT2D eigenvalue weighted by Gasteiger charge is 2.26. The summed E-state index contributed by atoms with van der Waals surface area (Å²) in [7, 11) is 0. The van der Waals surface area contributed by atoms with Gasteiger partial charge in [-0.25, -0.2) is 4.98 Å². The van der Waals surface area contributed by atoms with Crippen molar-refractivity contribution in [3.05, 3.63) is 65.2 Å². The number of carbonyl (C=O) groups is 1. The molecule has 8 heteroatoms. The number of hydrogen-bond acceptors (Lipinski definition) is 6. The molecule has 0 aliphatic carbocycles. The van der Waals surface area contributed by atoms with Crippen LogP contribution in [-0.2, 0) is 4.74 Å². The molecule has 3 aromatic carbocycles. The van der Waals surface area contributed by atoms with E-state index in [9.17, 15) is 4.79 Å². The van der Waals surface area contributed by atoms with Crippen LogP contribution in [0, 0.1) is 0 Å². The number of anilines is 1. The van der Waals surface area contributed by atoms with Crippen molar-refractivity contribution < 1.29 is 14.3 Å². The molecule has 0 bridgehead atoms. The van der Waals surface area contributed by atoms with Gasteiger partial charge in [0.15, 0.2) is 5.13 Å². The summed E-state index contributed by atoms with van der Waals surface area (Å²) in [4.78, 5) is 23.2. The summed E-state index contributed by atoms with van der Waals surface area (Å²) >= 11 is 7.71. The van der Waals surface area contributed by atoms with Gasteiger partial charge < -0.3 is 9.47 Å². The van der Waals surface area contributed by atoms with E-state index in [-0.39, 0.29) is 5.91 Å². The standard InChI is InChI=1S/C27H28ClN3O3S/c1-2-34-23-11-8-19-6-3-4-7-21(19)25(23)26(32)31(13-5-12-30-14-16-33-17-15-30)27-29-22-10-9-20(28)18-24(22)35-27/h3-4,6-11,18H,2,5,12-17H2,1H3. The SMILES string of the molecule is CCOc1ccc2ccccc2c1C(=O)N(CCCN1CCOCC1)c1nc2ccc(Cl)cc2s1. The average Bonchev–Trinajstić information content (AvgIpc) is 3.29. The molecule has 1 aromatic heterocycles. The number of thiazole rings is 1. The summed E-state index contributed by atoms with van der Waals surface area (Å²) in [5.41, 5.74) is 1.41. The van der Waals surface area contributed by atoms with Crippen molar-refractivity contribution in [2.45, 2.75) is 13.3 Å². The number of ether oxygens (including phenoxy) is 2. The monoisotopic (exact) mass is 509 g/mol. The highest BCUT2D eigenvalue weighted by molar-refractivity contribution is 7.22. The van der Waals surface area contributed by atoms with E-state index in [0.29, 0.717) is 34.6 Å². The highest BCUT2D eigenvalue weighted by Crippen LogP contribution is 2.35. The quantitative estimate of drug-likeness (QED) is 0.297. The number of halogens is 1. The summed E-state index contributed by atoms with van der Waals surface area (Å²) in [5, 5.41) is 3.21. The Morgan fingerprint density at radius 3 is 2.83 bits per heavy atom. The third-order valence-corrected chi connectivity index (χ3v) is 7.46. The number of rotatable bonds is 8. The Morgan fingerprint density at radius 1 is 1.17 bits per heavy atom. The summed E-state index contributed by atoms with van der Waals surface area (Å²) in [6, 6.07) is 17.5. The molecular weight excluding hydrogens is 482 g/mol. The van der Waals surface area contributed by atoms with E-state index in [1.165, 1.54) is 11.3 Å². The van der Waals surface area contributed by atoms with Gasteiger partial charge >= 0.3 is 0 Å². The number of fused-ring (bicyclic) bond motifs is 2. The maximum Gasteiger partial charge on any atom is 0.264 e. The predicted octanol–water partition coefficient (Wildman–Crippen LogP) is 5.87. The Kier molecular flexibility index (Phi) is 7.48. The maximum absolute atomic E-state index is 14.2. The van der Waals surface area contributed by atoms with Crippen LogP contribution in [0.3, 0.4) is 0 Å². The number of morpholine rings is 1. The maximum atomic E-state index is 14.2. The molecule has 0 N–H and O–H groups in total. The molecule has 182 valence electrons. The Hall–Kier alpha value is -2.71. The topological polar surface area (TPSA) is 54.9 Å². The van der Waals surface area contributed by atoms with Gasteiger partial charge in [0.25, 0.3) is 5.91 Å². The first-order valence-electron chi connectivity index (χ1n) is 12.0. The Labute approximate surface area is 214 Å². The second kappa shape index (κ2) is 10.9. The van der Waals surface area contributed by atoms with Crippen LogP contribution in [0.1, 0.15) is 23.7 Å². The molecule has 1 saturated heterocycles. The summed E-state index contributed by atoms with van der Waals surface area (Å²) in [6.45, 7) is 7.23. The molecule has 1 aliphatic heterocycles. The fraction of sp³-hybridized carbons (Fsp3) is 0.333. The molecule has 0 saturated carbocycles. The zero-order chi connectivity index (χ0) is 24.2. The largest absolute Gasteiger partial charge is 0.493 e. The van der Waals surface area contributed by atoms with Gasteiger partial charge in [0.1, 0.15) is 5.75 Å². The van der Waals surface area contributed by atoms with Crippen molar-refractivity contribution in [1.29, 1.82) is 0 Å². The number of nitrogens with zero attached hydrogens (tertiary/aromatic N) is 3. The fourth-order valence-electron chi connectivity index (χ4n) is 4.45. The minimum Gasteiger partial charge on any atom is -0.493 e. The van der Waals surface area contributed by atoms with Crippen LogP contribution < -0.4 is 9.64 Å². The van der Waals surface area contributed by atoms with E-state index in [1.807, 2.05) is 66.4 Å². The van der Waals surface area contributed by atoms with Crippen molar-refractivity contribution in [2.75, 3.05) is 50.9 Å². The Balaban J connectivity index is 1.52. The van der Waals surface area contributed by atoms with Crippen LogP contribution in [0.4, 0.5) is 5.13 Å². The van der Waals surface area contributed by atoms with Gasteiger partial charge in [-0.3, -0.25) is 14.6 Å². The van der Waals surface area contributed by atoms with E-state index in [0.717, 1.165) is 60.3 Å². The zero-order valence-electron chi connectivity index (χ0n) is 19.7. The highest BCUT2D eigenvalue weighted by atomic mass is 35.5. The Bertz CT molecular complexity index is 1340. The van der Waals surface area contributed by atoms with E-state index in [1.54, 1.807) is 0 Å². The molecule has 0 spiro atoms. The van der Waals surface area contributed by atoms with E-state index >= 15 is 0 Å². The lowest BCUT2D eigenvalue weighted by atomic mass is 10.0. The number of aromatic nitrogens is 1. The summed E-state index contributed by atoms with van der Waals surface area (Å²) in [5.74, 6) is 0.496. The van der Waals surface area contributed by atoms with Gasteiger partial charge in [-0.2, -0.15) is 0 Å². The van der Waals surface area contributed by atoms with Crippen molar-refractivity contribution in [3.63, 3.8) is 0 Å². The lowest BCUT2D eigenvalue weighted by Crippen LogP contribution is -2.39. The predicted molar refractivity (Wildman–Crippen MR) is 143 cm³/mol. The molecule has 35 heavy (non-hydrogen) atoms. The second-order valence-electron chi connectivity index (χ2n) is 8.47. The molecule has 4 aromatic rings. The second-order valence-corrected chi connectivity index (χ2v) is 9.91. The molecule has 6 nitrogen and oxygen atoms in total. The Morgan fingerprint density at radius 2 is 2.00 bits per heavy atom. The molecule has 1 amide bonds. The number of hydrogen-bond donors (Lipinski definition) is 0. The van der Waals surface area contributed by atoms with Crippen LogP contribution in [0.25, 0.3) is 21.0 Å². The molecule has 1 aliphatic rings. The van der Waals surface area contributed by atoms with Crippen LogP contribution in [0.15, 0.2) is 54.6 Å². The molecule has 0 unspecified atom stereocenters. The average molecular weight is 510 g/mol. The molecule has 2 heterocycles. The van der Waals surface area contributed by atoms with E-state index in [4.69, 9.17) is 26.1 Å². The van der Waals surface area contributed by atoms with E-state index in [2.05, 4.69) is 4.90 Å². The third kappa shape index (κ3) is 5.28. The van der Waals surface area contributed by atoms with Gasteiger partial charge in [0.2, 0.25) is 0 Å². The van der Waals surface area contributed by atoms with Gasteiger partial charge in [-0.15, -0.1) is 0 Å². The lowest BCUT2D eigenvalue weighted by molar-refractivity contribution is 0.0376. The van der Waals surface area contributed by atoms with E-state index < -0.39 is 0 Å². The van der Waals surface area contributed by atoms with Crippen LogP contribution in [0.5, 0.6) is 5.75 Å². The third-order valence-electron chi connectivity index (χ3n) is 6.18. The van der Waals surface area contributed by atoms with Gasteiger partial charge in [-0.1, -0.05) is 53.3 Å². The van der Waals surface area contributed by atoms with Crippen molar-refractivity contribution in [1.82, 2.24) is 9.88 Å². The van der Waals surface area contributed by atoms with Crippen LogP contribution in [0.2, 0.25) is 5.02 Å². The number of benzene rings is 3. The fourth-order valence-corrected chi connectivity index (χ4v) is 5.71. The lowest BCUT2D eigenvalue weighted by Gasteiger charge is -2.28. The normalized spacial score (nSPS) is 14.5.